The van der Waals surface area contributed by atoms with Gasteiger partial charge in [0.25, 0.3) is 0 Å². The smallest absolute Gasteiger partial charge is 0.0547 e. The predicted molar refractivity (Wildman–Crippen MR) is 261 cm³/mol. The number of aryl methyl sites for hydroxylation is 2. The van der Waals surface area contributed by atoms with Crippen LogP contribution in [0.5, 0.6) is 0 Å². The van der Waals surface area contributed by atoms with Crippen molar-refractivity contribution in [3.63, 3.8) is 0 Å². The Labute approximate surface area is 354 Å². The molecule has 0 saturated carbocycles. The van der Waals surface area contributed by atoms with Gasteiger partial charge in [-0.05, 0) is 171 Å². The molecule has 0 saturated heterocycles. The Kier molecular flexibility index (Phi) is 8.61. The van der Waals surface area contributed by atoms with Crippen molar-refractivity contribution < 1.29 is 0 Å². The quantitative estimate of drug-likeness (QED) is 0.121. The summed E-state index contributed by atoms with van der Waals surface area (Å²) < 4.78 is 4.67. The van der Waals surface area contributed by atoms with Crippen molar-refractivity contribution in [3.05, 3.63) is 199 Å². The molecular weight excluding hydrogens is 741 g/mol. The Balaban J connectivity index is 1.13. The van der Waals surface area contributed by atoms with Crippen LogP contribution in [-0.4, -0.2) is 20.3 Å². The summed E-state index contributed by atoms with van der Waals surface area (Å²) in [5, 5.41) is 15.4. The maximum Gasteiger partial charge on any atom is 0.0547 e. The molecule has 7 aromatic carbocycles. The molecule has 3 aromatic heterocycles. The van der Waals surface area contributed by atoms with E-state index >= 15 is 0 Å². The van der Waals surface area contributed by atoms with Gasteiger partial charge in [0, 0.05) is 51.5 Å². The molecule has 4 heteroatoms. The molecule has 0 amide bonds. The van der Waals surface area contributed by atoms with Crippen molar-refractivity contribution in [2.75, 3.05) is 0 Å². The van der Waals surface area contributed by atoms with Crippen molar-refractivity contribution in [1.82, 2.24) is 14.1 Å². The van der Waals surface area contributed by atoms with E-state index in [-0.39, 0.29) is 0 Å². The van der Waals surface area contributed by atoms with Crippen molar-refractivity contribution in [1.29, 1.82) is 5.41 Å². The monoisotopic (exact) mass is 782 g/mol. The third-order valence-electron chi connectivity index (χ3n) is 12.6. The summed E-state index contributed by atoms with van der Waals surface area (Å²) in [5.74, 6) is 0. The molecule has 0 unspecified atom stereocenters. The fraction of sp³-hybridized carbons (Fsp3) is 0.0526. The van der Waals surface area contributed by atoms with Gasteiger partial charge in [0.05, 0.1) is 22.1 Å². The van der Waals surface area contributed by atoms with Gasteiger partial charge >= 0.3 is 0 Å². The zero-order valence-corrected chi connectivity index (χ0v) is 34.0. The van der Waals surface area contributed by atoms with E-state index in [2.05, 4.69) is 180 Å². The van der Waals surface area contributed by atoms with E-state index < -0.39 is 0 Å². The minimum absolute atomic E-state index is 0.866. The van der Waals surface area contributed by atoms with Gasteiger partial charge in [-0.25, -0.2) is 0 Å². The molecule has 0 fully saturated rings. The summed E-state index contributed by atoms with van der Waals surface area (Å²) in [7, 11) is 0. The van der Waals surface area contributed by atoms with Crippen LogP contribution in [0.3, 0.4) is 0 Å². The Morgan fingerprint density at radius 2 is 1.20 bits per heavy atom. The molecule has 1 aliphatic rings. The number of nitrogens with zero attached hydrogens (tertiary/aromatic N) is 3. The van der Waals surface area contributed by atoms with Crippen LogP contribution in [0.15, 0.2) is 177 Å². The first-order chi connectivity index (χ1) is 30.0. The third-order valence-corrected chi connectivity index (χ3v) is 12.6. The van der Waals surface area contributed by atoms with Gasteiger partial charge in [-0.15, -0.1) is 0 Å². The normalized spacial score (nSPS) is 12.8. The van der Waals surface area contributed by atoms with Crippen molar-refractivity contribution in [3.8, 4) is 39.1 Å². The van der Waals surface area contributed by atoms with Gasteiger partial charge in [0.1, 0.15) is 0 Å². The second-order valence-corrected chi connectivity index (χ2v) is 16.0. The van der Waals surface area contributed by atoms with Crippen LogP contribution < -0.4 is 0 Å². The standard InChI is InChI=1S/C57H42N4/c1-4-9-38-28-40(14-12-36(38)5-2)42-19-21-55-51(31-42)53-33-45-17-16-44-32-52-50-30-43(41-15-13-37-10-7-8-11-39(37)29-41)18-20-54(50)60(46(6-3)22-25-58)56(52)34-48(44)49(45)35-57(53)61(55)47-23-26-59-27-24-47/h4-15,18-35,58H,2-3,16-17H2,1H3/b9-4-,46-22+,58-25?. The fourth-order valence-corrected chi connectivity index (χ4v) is 9.77. The highest BCUT2D eigenvalue weighted by molar-refractivity contribution is 6.15. The van der Waals surface area contributed by atoms with Crippen LogP contribution in [0.4, 0.5) is 0 Å². The number of pyridine rings is 1. The van der Waals surface area contributed by atoms with Gasteiger partial charge in [-0.2, -0.15) is 0 Å². The van der Waals surface area contributed by atoms with E-state index in [0.717, 1.165) is 57.4 Å². The average Bonchev–Trinajstić information content (AvgIpc) is 3.80. The summed E-state index contributed by atoms with van der Waals surface area (Å²) >= 11 is 0. The molecule has 1 N–H and O–H groups in total. The lowest BCUT2D eigenvalue weighted by Crippen LogP contribution is -2.05. The molecule has 11 rings (SSSR count). The largest absolute Gasteiger partial charge is 0.309 e. The van der Waals surface area contributed by atoms with E-state index in [1.807, 2.05) is 30.6 Å². The van der Waals surface area contributed by atoms with Crippen molar-refractivity contribution in [2.24, 2.45) is 0 Å². The van der Waals surface area contributed by atoms with Crippen LogP contribution in [-0.2, 0) is 12.8 Å². The lowest BCUT2D eigenvalue weighted by atomic mass is 9.84. The first-order valence-corrected chi connectivity index (χ1v) is 20.9. The zero-order valence-electron chi connectivity index (χ0n) is 34.0. The van der Waals surface area contributed by atoms with Gasteiger partial charge in [0.2, 0.25) is 0 Å². The first-order valence-electron chi connectivity index (χ1n) is 20.9. The number of fused-ring (bicyclic) bond motifs is 10. The van der Waals surface area contributed by atoms with Crippen molar-refractivity contribution in [2.45, 2.75) is 19.8 Å². The molecule has 10 aromatic rings. The number of rotatable bonds is 8. The molecule has 290 valence electrons. The van der Waals surface area contributed by atoms with Crippen LogP contribution in [0.1, 0.15) is 29.2 Å². The highest BCUT2D eigenvalue weighted by atomic mass is 15.0. The van der Waals surface area contributed by atoms with Gasteiger partial charge in [-0.1, -0.05) is 92.0 Å². The Morgan fingerprint density at radius 1 is 0.590 bits per heavy atom. The number of benzene rings is 7. The molecule has 0 spiro atoms. The third kappa shape index (κ3) is 5.83. The van der Waals surface area contributed by atoms with E-state index in [1.54, 1.807) is 0 Å². The molecular formula is C57H42N4. The summed E-state index contributed by atoms with van der Waals surface area (Å²) in [6.45, 7) is 10.3. The maximum absolute atomic E-state index is 8.06. The first kappa shape index (κ1) is 36.3. The Bertz CT molecular complexity index is 3540. The molecule has 0 aliphatic heterocycles. The molecule has 1 aliphatic carbocycles. The maximum atomic E-state index is 8.06. The average molecular weight is 783 g/mol. The van der Waals surface area contributed by atoms with Crippen LogP contribution in [0.25, 0.3) is 111 Å². The summed E-state index contributed by atoms with van der Waals surface area (Å²) in [4.78, 5) is 4.38. The van der Waals surface area contributed by atoms with Gasteiger partial charge in [-0.3, -0.25) is 4.98 Å². The van der Waals surface area contributed by atoms with Crippen LogP contribution in [0.2, 0.25) is 0 Å². The number of aromatic nitrogens is 3. The minimum Gasteiger partial charge on any atom is -0.309 e. The summed E-state index contributed by atoms with van der Waals surface area (Å²) in [5.41, 5.74) is 18.7. The molecule has 0 atom stereocenters. The van der Waals surface area contributed by atoms with E-state index in [0.29, 0.717) is 0 Å². The fourth-order valence-electron chi connectivity index (χ4n) is 9.77. The molecule has 4 nitrogen and oxygen atoms in total. The van der Waals surface area contributed by atoms with Crippen molar-refractivity contribution >= 4 is 78.4 Å². The molecule has 61 heavy (non-hydrogen) atoms. The number of hydrogen-bond acceptors (Lipinski definition) is 2. The van der Waals surface area contributed by atoms with E-state index in [4.69, 9.17) is 5.41 Å². The summed E-state index contributed by atoms with van der Waals surface area (Å²) in [6.07, 6.45) is 16.8. The number of nitrogens with one attached hydrogen (secondary N) is 1. The Morgan fingerprint density at radius 3 is 1.90 bits per heavy atom. The van der Waals surface area contributed by atoms with Gasteiger partial charge < -0.3 is 14.5 Å². The second-order valence-electron chi connectivity index (χ2n) is 16.0. The highest BCUT2D eigenvalue weighted by Gasteiger charge is 2.24. The van der Waals surface area contributed by atoms with Gasteiger partial charge in [0.15, 0.2) is 0 Å². The molecule has 0 radical (unpaired) electrons. The summed E-state index contributed by atoms with van der Waals surface area (Å²) in [6, 6.07) is 49.4. The van der Waals surface area contributed by atoms with E-state index in [1.165, 1.54) is 83.0 Å². The number of hydrogen-bond donors (Lipinski definition) is 1. The minimum atomic E-state index is 0.866. The lowest BCUT2D eigenvalue weighted by molar-refractivity contribution is 0.946. The Hall–Kier alpha value is -7.82. The predicted octanol–water partition coefficient (Wildman–Crippen LogP) is 14.9. The highest BCUT2D eigenvalue weighted by Crippen LogP contribution is 2.45. The van der Waals surface area contributed by atoms with Crippen LogP contribution in [0, 0.1) is 5.41 Å². The molecule has 0 bridgehead atoms. The van der Waals surface area contributed by atoms with Crippen LogP contribution >= 0.6 is 0 Å². The second kappa shape index (κ2) is 14.5. The SMILES string of the molecule is C=C/C(=C\C=N)n1c2ccc(-c3ccc4ccccc4c3)cc2c2cc3c(cc21)-c1cc2c(cc1CC3)c1cc(-c3ccc(C=C)c(/C=C\C)c3)ccc1n2-c1ccncc1. The topological polar surface area (TPSA) is 46.6 Å². The molecule has 3 heterocycles. The lowest BCUT2D eigenvalue weighted by Gasteiger charge is -2.21. The zero-order chi connectivity index (χ0) is 41.2. The van der Waals surface area contributed by atoms with E-state index in [9.17, 15) is 0 Å². The number of allylic oxidation sites excluding steroid dienone is 4.